The summed E-state index contributed by atoms with van der Waals surface area (Å²) < 4.78 is 1.59. The fourth-order valence-corrected chi connectivity index (χ4v) is 4.82. The molecule has 0 saturated carbocycles. The van der Waals surface area contributed by atoms with Crippen molar-refractivity contribution in [2.24, 2.45) is 0 Å². The molecule has 146 valence electrons. The lowest BCUT2D eigenvalue weighted by Gasteiger charge is -2.13. The van der Waals surface area contributed by atoms with Gasteiger partial charge in [-0.1, -0.05) is 73.1 Å². The van der Waals surface area contributed by atoms with Crippen LogP contribution in [0.2, 0.25) is 10.0 Å². The third kappa shape index (κ3) is 3.90. The van der Waals surface area contributed by atoms with Gasteiger partial charge in [0.2, 0.25) is 0 Å². The van der Waals surface area contributed by atoms with E-state index in [2.05, 4.69) is 36.1 Å². The predicted octanol–water partition coefficient (Wildman–Crippen LogP) is 6.34. The minimum Gasteiger partial charge on any atom is -0.267 e. The smallest absolute Gasteiger partial charge is 0.267 e. The summed E-state index contributed by atoms with van der Waals surface area (Å²) in [5.41, 5.74) is 2.28. The molecule has 7 heteroatoms. The standard InChI is InChI=1S/C22H17Cl2N3OS/c1-13(2)14-6-3-4-9-18(14)29-19-11-10-17-21(22(28)25-12-27(17)26-19)20-15(23)7-5-8-16(20)24/h3-13H,1-2H3. The predicted molar refractivity (Wildman–Crippen MR) is 119 cm³/mol. The van der Waals surface area contributed by atoms with Gasteiger partial charge < -0.3 is 0 Å². The molecule has 4 nitrogen and oxygen atoms in total. The van der Waals surface area contributed by atoms with Gasteiger partial charge in [0.15, 0.2) is 0 Å². The molecule has 4 rings (SSSR count). The van der Waals surface area contributed by atoms with E-state index < -0.39 is 5.56 Å². The Morgan fingerprint density at radius 2 is 1.66 bits per heavy atom. The minimum absolute atomic E-state index is 0.342. The average Bonchev–Trinajstić information content (AvgIpc) is 2.69. The molecule has 0 radical (unpaired) electrons. The van der Waals surface area contributed by atoms with Gasteiger partial charge >= 0.3 is 0 Å². The van der Waals surface area contributed by atoms with Crippen molar-refractivity contribution >= 4 is 40.5 Å². The Labute approximate surface area is 182 Å². The first-order valence-electron chi connectivity index (χ1n) is 9.05. The highest BCUT2D eigenvalue weighted by Gasteiger charge is 2.17. The van der Waals surface area contributed by atoms with Gasteiger partial charge in [0.25, 0.3) is 5.56 Å². The summed E-state index contributed by atoms with van der Waals surface area (Å²) in [4.78, 5) is 17.7. The lowest BCUT2D eigenvalue weighted by atomic mass is 10.0. The van der Waals surface area contributed by atoms with Crippen molar-refractivity contribution in [1.29, 1.82) is 0 Å². The maximum atomic E-state index is 12.6. The Bertz CT molecular complexity index is 1250. The molecule has 0 N–H and O–H groups in total. The molecule has 0 aliphatic heterocycles. The van der Waals surface area contributed by atoms with E-state index in [0.29, 0.717) is 32.6 Å². The van der Waals surface area contributed by atoms with E-state index in [0.717, 1.165) is 9.92 Å². The lowest BCUT2D eigenvalue weighted by Crippen LogP contribution is -2.14. The van der Waals surface area contributed by atoms with Crippen LogP contribution < -0.4 is 5.56 Å². The van der Waals surface area contributed by atoms with Gasteiger partial charge in [-0.15, -0.1) is 0 Å². The van der Waals surface area contributed by atoms with E-state index in [9.17, 15) is 4.79 Å². The number of hydrogen-bond acceptors (Lipinski definition) is 4. The third-order valence-electron chi connectivity index (χ3n) is 4.56. The van der Waals surface area contributed by atoms with Crippen LogP contribution in [0, 0.1) is 0 Å². The first-order valence-corrected chi connectivity index (χ1v) is 10.6. The quantitative estimate of drug-likeness (QED) is 0.370. The van der Waals surface area contributed by atoms with Crippen LogP contribution in [-0.2, 0) is 0 Å². The summed E-state index contributed by atoms with van der Waals surface area (Å²) in [6.07, 6.45) is 1.42. The molecule has 0 amide bonds. The molecule has 2 aromatic carbocycles. The fourth-order valence-electron chi connectivity index (χ4n) is 3.18. The normalized spacial score (nSPS) is 11.3. The van der Waals surface area contributed by atoms with E-state index in [1.54, 1.807) is 34.5 Å². The van der Waals surface area contributed by atoms with Gasteiger partial charge in [-0.3, -0.25) is 4.79 Å². The zero-order valence-electron chi connectivity index (χ0n) is 15.8. The Balaban J connectivity index is 1.84. The van der Waals surface area contributed by atoms with Gasteiger partial charge in [-0.05, 0) is 41.8 Å². The van der Waals surface area contributed by atoms with E-state index >= 15 is 0 Å². The molecule has 0 unspecified atom stereocenters. The maximum Gasteiger partial charge on any atom is 0.281 e. The molecule has 0 bridgehead atoms. The van der Waals surface area contributed by atoms with Crippen LogP contribution in [0.15, 0.2) is 75.6 Å². The van der Waals surface area contributed by atoms with Crippen LogP contribution in [0.25, 0.3) is 16.6 Å². The molecule has 2 aromatic heterocycles. The van der Waals surface area contributed by atoms with Crippen molar-refractivity contribution in [3.63, 3.8) is 0 Å². The fraction of sp³-hybridized carbons (Fsp3) is 0.136. The largest absolute Gasteiger partial charge is 0.281 e. The molecule has 2 heterocycles. The molecule has 0 aliphatic carbocycles. The van der Waals surface area contributed by atoms with Crippen LogP contribution in [0.1, 0.15) is 25.3 Å². The Kier molecular flexibility index (Phi) is 5.63. The van der Waals surface area contributed by atoms with Crippen molar-refractivity contribution in [2.45, 2.75) is 29.7 Å². The summed E-state index contributed by atoms with van der Waals surface area (Å²) in [5.74, 6) is 0.408. The van der Waals surface area contributed by atoms with Crippen LogP contribution in [-0.4, -0.2) is 14.6 Å². The highest BCUT2D eigenvalue weighted by atomic mass is 35.5. The number of rotatable bonds is 4. The Morgan fingerprint density at radius 1 is 0.931 bits per heavy atom. The first kappa shape index (κ1) is 20.0. The minimum atomic E-state index is -0.396. The molecule has 0 atom stereocenters. The number of aromatic nitrogens is 3. The zero-order chi connectivity index (χ0) is 20.5. The maximum absolute atomic E-state index is 12.6. The monoisotopic (exact) mass is 441 g/mol. The van der Waals surface area contributed by atoms with E-state index in [1.165, 1.54) is 11.9 Å². The Morgan fingerprint density at radius 3 is 2.38 bits per heavy atom. The second-order valence-corrected chi connectivity index (χ2v) is 8.69. The van der Waals surface area contributed by atoms with Gasteiger partial charge in [-0.25, -0.2) is 4.52 Å². The van der Waals surface area contributed by atoms with Crippen molar-refractivity contribution in [3.8, 4) is 11.1 Å². The summed E-state index contributed by atoms with van der Waals surface area (Å²) in [6.45, 7) is 4.34. The van der Waals surface area contributed by atoms with Crippen LogP contribution in [0.4, 0.5) is 0 Å². The molecule has 29 heavy (non-hydrogen) atoms. The second kappa shape index (κ2) is 8.19. The average molecular weight is 442 g/mol. The van der Waals surface area contributed by atoms with Gasteiger partial charge in [0, 0.05) is 10.5 Å². The molecular weight excluding hydrogens is 425 g/mol. The van der Waals surface area contributed by atoms with Crippen LogP contribution in [0.5, 0.6) is 0 Å². The van der Waals surface area contributed by atoms with Crippen molar-refractivity contribution < 1.29 is 0 Å². The number of halogens is 2. The van der Waals surface area contributed by atoms with Gasteiger partial charge in [0.1, 0.15) is 11.4 Å². The SMILES string of the molecule is CC(C)c1ccccc1Sc1ccc2c(-c3c(Cl)cccc3Cl)c(=O)ncn2n1. The summed E-state index contributed by atoms with van der Waals surface area (Å²) in [6, 6.07) is 17.2. The lowest BCUT2D eigenvalue weighted by molar-refractivity contribution is 0.819. The van der Waals surface area contributed by atoms with Crippen molar-refractivity contribution in [2.75, 3.05) is 0 Å². The number of nitrogens with zero attached hydrogens (tertiary/aromatic N) is 3. The molecule has 0 aliphatic rings. The summed E-state index contributed by atoms with van der Waals surface area (Å²) in [5, 5.41) is 6.24. The third-order valence-corrected chi connectivity index (χ3v) is 6.21. The number of fused-ring (bicyclic) bond motifs is 1. The number of benzene rings is 2. The summed E-state index contributed by atoms with van der Waals surface area (Å²) >= 11 is 14.3. The summed E-state index contributed by atoms with van der Waals surface area (Å²) in [7, 11) is 0. The van der Waals surface area contributed by atoms with Crippen LogP contribution in [0.3, 0.4) is 0 Å². The second-order valence-electron chi connectivity index (χ2n) is 6.82. The molecule has 0 spiro atoms. The first-order chi connectivity index (χ1) is 14.0. The van der Waals surface area contributed by atoms with E-state index in [1.807, 2.05) is 24.3 Å². The van der Waals surface area contributed by atoms with Gasteiger partial charge in [-0.2, -0.15) is 10.1 Å². The molecular formula is C22H17Cl2N3OS. The van der Waals surface area contributed by atoms with E-state index in [-0.39, 0.29) is 0 Å². The highest BCUT2D eigenvalue weighted by Crippen LogP contribution is 2.36. The van der Waals surface area contributed by atoms with Crippen molar-refractivity contribution in [1.82, 2.24) is 14.6 Å². The molecule has 0 fully saturated rings. The van der Waals surface area contributed by atoms with Crippen LogP contribution >= 0.6 is 35.0 Å². The zero-order valence-corrected chi connectivity index (χ0v) is 18.1. The molecule has 4 aromatic rings. The Hall–Kier alpha value is -2.34. The molecule has 0 saturated heterocycles. The van der Waals surface area contributed by atoms with Crippen molar-refractivity contribution in [3.05, 3.63) is 86.9 Å². The topological polar surface area (TPSA) is 47.3 Å². The highest BCUT2D eigenvalue weighted by molar-refractivity contribution is 7.99. The van der Waals surface area contributed by atoms with E-state index in [4.69, 9.17) is 23.2 Å². The number of hydrogen-bond donors (Lipinski definition) is 0. The van der Waals surface area contributed by atoms with Gasteiger partial charge in [0.05, 0.1) is 21.1 Å².